The first-order chi connectivity index (χ1) is 21.0. The number of hydrogen-bond donors (Lipinski definition) is 0. The van der Waals surface area contributed by atoms with Crippen LogP contribution >= 0.6 is 0 Å². The molecule has 4 aromatic rings. The zero-order valence-corrected chi connectivity index (χ0v) is 25.1. The highest BCUT2D eigenvalue weighted by atomic mass is 19.1. The number of unbranched alkanes of at least 4 members (excludes halogenated alkanes) is 4. The molecule has 0 aliphatic carbocycles. The molecule has 0 amide bonds. The Labute approximate surface area is 252 Å². The molecule has 0 bridgehead atoms. The number of carbonyl (C=O) groups excluding carboxylic acids is 1. The number of aromatic nitrogens is 4. The minimum Gasteiger partial charge on any atom is -0.440 e. The fraction of sp³-hybridized carbons (Fsp3) is 0.455. The number of benzene rings is 2. The quantitative estimate of drug-likeness (QED) is 0.0956. The number of esters is 1. The maximum Gasteiger partial charge on any atom is 0.308 e. The number of halogens is 1. The predicted molar refractivity (Wildman–Crippen MR) is 166 cm³/mol. The second-order valence-electron chi connectivity index (χ2n) is 11.1. The average molecular weight is 589 g/mol. The lowest BCUT2D eigenvalue weighted by Gasteiger charge is -2.37. The van der Waals surface area contributed by atoms with E-state index in [0.717, 1.165) is 67.7 Å². The molecule has 1 aliphatic rings. The van der Waals surface area contributed by atoms with Crippen LogP contribution < -0.4 is 14.5 Å². The minimum absolute atomic E-state index is 0.161. The fourth-order valence-electron chi connectivity index (χ4n) is 5.53. The van der Waals surface area contributed by atoms with Crippen molar-refractivity contribution in [3.8, 4) is 5.88 Å². The van der Waals surface area contributed by atoms with Gasteiger partial charge in [-0.25, -0.2) is 14.4 Å². The maximum atomic E-state index is 13.5. The lowest BCUT2D eigenvalue weighted by atomic mass is 10.0. The monoisotopic (exact) mass is 588 g/mol. The molecule has 1 aliphatic heterocycles. The van der Waals surface area contributed by atoms with Crippen molar-refractivity contribution in [2.45, 2.75) is 70.9 Å². The van der Waals surface area contributed by atoms with Gasteiger partial charge in [-0.1, -0.05) is 56.9 Å². The maximum absolute atomic E-state index is 13.5. The van der Waals surface area contributed by atoms with E-state index in [2.05, 4.69) is 37.3 Å². The SMILES string of the molecule is CCCCCCCC(=O)OCOc1ccnc(N(C)C2CCN(c3nc4ccccc4n3Cc3ccc(F)cc3)CC2)n1. The van der Waals surface area contributed by atoms with Gasteiger partial charge in [0.05, 0.1) is 17.6 Å². The smallest absolute Gasteiger partial charge is 0.308 e. The van der Waals surface area contributed by atoms with Gasteiger partial charge in [-0.05, 0) is 49.1 Å². The summed E-state index contributed by atoms with van der Waals surface area (Å²) in [5.41, 5.74) is 3.03. The number of imidazole rings is 1. The summed E-state index contributed by atoms with van der Waals surface area (Å²) >= 11 is 0. The number of piperidine rings is 1. The molecule has 3 heterocycles. The number of carbonyl (C=O) groups is 1. The van der Waals surface area contributed by atoms with Gasteiger partial charge >= 0.3 is 5.97 Å². The molecule has 228 valence electrons. The van der Waals surface area contributed by atoms with Gasteiger partial charge in [0.2, 0.25) is 24.6 Å². The molecule has 1 fully saturated rings. The van der Waals surface area contributed by atoms with E-state index in [4.69, 9.17) is 14.5 Å². The van der Waals surface area contributed by atoms with Gasteiger partial charge in [0.25, 0.3) is 0 Å². The summed E-state index contributed by atoms with van der Waals surface area (Å²) in [5, 5.41) is 0. The average Bonchev–Trinajstić information content (AvgIpc) is 3.40. The van der Waals surface area contributed by atoms with E-state index in [1.54, 1.807) is 12.3 Å². The summed E-state index contributed by atoms with van der Waals surface area (Å²) in [6.45, 7) is 4.28. The Morgan fingerprint density at radius 3 is 2.56 bits per heavy atom. The van der Waals surface area contributed by atoms with Crippen LogP contribution in [-0.4, -0.2) is 58.5 Å². The van der Waals surface area contributed by atoms with Crippen LogP contribution in [0.2, 0.25) is 0 Å². The van der Waals surface area contributed by atoms with Crippen molar-refractivity contribution in [1.82, 2.24) is 19.5 Å². The van der Waals surface area contributed by atoms with Crippen molar-refractivity contribution in [1.29, 1.82) is 0 Å². The lowest BCUT2D eigenvalue weighted by Crippen LogP contribution is -2.44. The Kier molecular flexibility index (Phi) is 10.4. The van der Waals surface area contributed by atoms with Gasteiger partial charge < -0.3 is 23.8 Å². The molecule has 2 aromatic heterocycles. The summed E-state index contributed by atoms with van der Waals surface area (Å²) in [4.78, 5) is 30.4. The van der Waals surface area contributed by atoms with Crippen LogP contribution in [0.3, 0.4) is 0 Å². The third-order valence-corrected chi connectivity index (χ3v) is 8.03. The van der Waals surface area contributed by atoms with Gasteiger partial charge in [0.1, 0.15) is 5.82 Å². The topological polar surface area (TPSA) is 85.6 Å². The van der Waals surface area contributed by atoms with Gasteiger partial charge in [-0.15, -0.1) is 0 Å². The summed E-state index contributed by atoms with van der Waals surface area (Å²) in [6.07, 6.45) is 9.28. The van der Waals surface area contributed by atoms with Crippen LogP contribution in [0.25, 0.3) is 11.0 Å². The molecule has 10 heteroatoms. The van der Waals surface area contributed by atoms with Gasteiger partial charge in [0, 0.05) is 44.9 Å². The molecule has 9 nitrogen and oxygen atoms in total. The van der Waals surface area contributed by atoms with Crippen molar-refractivity contribution in [3.63, 3.8) is 0 Å². The van der Waals surface area contributed by atoms with Crippen LogP contribution in [0.4, 0.5) is 16.3 Å². The molecular formula is C33H41FN6O3. The molecular weight excluding hydrogens is 547 g/mol. The zero-order chi connectivity index (χ0) is 30.0. The Hall–Kier alpha value is -4.21. The van der Waals surface area contributed by atoms with Crippen molar-refractivity contribution in [2.75, 3.05) is 36.7 Å². The number of fused-ring (bicyclic) bond motifs is 1. The van der Waals surface area contributed by atoms with Crippen LogP contribution in [0, 0.1) is 5.82 Å². The number of rotatable bonds is 14. The Morgan fingerprint density at radius 2 is 1.77 bits per heavy atom. The molecule has 2 aromatic carbocycles. The van der Waals surface area contributed by atoms with E-state index >= 15 is 0 Å². The molecule has 0 atom stereocenters. The fourth-order valence-corrected chi connectivity index (χ4v) is 5.53. The molecule has 5 rings (SSSR count). The van der Waals surface area contributed by atoms with Crippen molar-refractivity contribution in [2.24, 2.45) is 0 Å². The first-order valence-electron chi connectivity index (χ1n) is 15.3. The zero-order valence-electron chi connectivity index (χ0n) is 25.1. The van der Waals surface area contributed by atoms with Crippen LogP contribution in [0.15, 0.2) is 60.8 Å². The number of hydrogen-bond acceptors (Lipinski definition) is 8. The highest BCUT2D eigenvalue weighted by Crippen LogP contribution is 2.28. The Balaban J connectivity index is 1.16. The molecule has 0 radical (unpaired) electrons. The van der Waals surface area contributed by atoms with Gasteiger partial charge in [0.15, 0.2) is 0 Å². The molecule has 0 N–H and O–H groups in total. The minimum atomic E-state index is -0.249. The molecule has 1 saturated heterocycles. The van der Waals surface area contributed by atoms with Crippen molar-refractivity contribution in [3.05, 3.63) is 72.2 Å². The second kappa shape index (κ2) is 14.8. The normalized spacial score (nSPS) is 13.8. The molecule has 0 unspecified atom stereocenters. The van der Waals surface area contributed by atoms with Crippen molar-refractivity contribution >= 4 is 28.9 Å². The predicted octanol–water partition coefficient (Wildman–Crippen LogP) is 6.36. The van der Waals surface area contributed by atoms with E-state index in [1.807, 2.05) is 37.4 Å². The molecule has 43 heavy (non-hydrogen) atoms. The third kappa shape index (κ3) is 8.00. The largest absolute Gasteiger partial charge is 0.440 e. The number of anilines is 2. The summed E-state index contributed by atoms with van der Waals surface area (Å²) < 4.78 is 26.6. The Bertz CT molecular complexity index is 1470. The highest BCUT2D eigenvalue weighted by Gasteiger charge is 2.27. The second-order valence-corrected chi connectivity index (χ2v) is 11.1. The van der Waals surface area contributed by atoms with Crippen LogP contribution in [-0.2, 0) is 16.1 Å². The standard InChI is InChI=1S/C33H41FN6O3/c1-3-4-5-6-7-12-31(41)43-24-42-30-17-20-35-32(37-30)38(2)27-18-21-39(22-19-27)33-36-28-10-8-9-11-29(28)40(33)23-25-13-15-26(34)16-14-25/h8-11,13-17,20,27H,3-7,12,18-19,21-24H2,1-2H3. The van der Waals surface area contributed by atoms with Gasteiger partial charge in [-0.3, -0.25) is 4.79 Å². The molecule has 0 spiro atoms. The van der Waals surface area contributed by atoms with E-state index in [-0.39, 0.29) is 24.6 Å². The van der Waals surface area contributed by atoms with Crippen LogP contribution in [0.1, 0.15) is 63.9 Å². The van der Waals surface area contributed by atoms with E-state index in [1.165, 1.54) is 25.0 Å². The summed E-state index contributed by atoms with van der Waals surface area (Å²) in [5.74, 6) is 1.38. The van der Waals surface area contributed by atoms with E-state index in [0.29, 0.717) is 24.8 Å². The number of para-hydroxylation sites is 2. The lowest BCUT2D eigenvalue weighted by molar-refractivity contribution is -0.150. The van der Waals surface area contributed by atoms with E-state index < -0.39 is 0 Å². The Morgan fingerprint density at radius 1 is 1.00 bits per heavy atom. The first-order valence-corrected chi connectivity index (χ1v) is 15.3. The first kappa shape index (κ1) is 30.3. The highest BCUT2D eigenvalue weighted by molar-refractivity contribution is 5.79. The number of ether oxygens (including phenoxy) is 2. The van der Waals surface area contributed by atoms with E-state index in [9.17, 15) is 9.18 Å². The van der Waals surface area contributed by atoms with Gasteiger partial charge in [-0.2, -0.15) is 4.98 Å². The number of nitrogens with zero attached hydrogens (tertiary/aromatic N) is 6. The van der Waals surface area contributed by atoms with Crippen molar-refractivity contribution < 1.29 is 18.7 Å². The third-order valence-electron chi connectivity index (χ3n) is 8.03. The summed E-state index contributed by atoms with van der Waals surface area (Å²) in [7, 11) is 2.00. The molecule has 0 saturated carbocycles. The summed E-state index contributed by atoms with van der Waals surface area (Å²) in [6, 6.07) is 16.7. The van der Waals surface area contributed by atoms with Crippen LogP contribution in [0.5, 0.6) is 5.88 Å².